The Morgan fingerprint density at radius 1 is 1.47 bits per heavy atom. The van der Waals surface area contributed by atoms with Crippen molar-refractivity contribution in [1.29, 1.82) is 0 Å². The number of hydrogen-bond donors (Lipinski definition) is 0. The molecule has 82 valence electrons. The third kappa shape index (κ3) is 2.74. The fraction of sp³-hybridized carbons (Fsp3) is 0.364. The second-order valence-corrected chi connectivity index (χ2v) is 4.40. The van der Waals surface area contributed by atoms with E-state index >= 15 is 0 Å². The summed E-state index contributed by atoms with van der Waals surface area (Å²) in [5.41, 5.74) is 1.12. The third-order valence-electron chi connectivity index (χ3n) is 2.22. The zero-order chi connectivity index (χ0) is 11.6. The molecule has 1 aromatic rings. The highest BCUT2D eigenvalue weighted by atomic mass is 127. The van der Waals surface area contributed by atoms with Crippen molar-refractivity contribution >= 4 is 28.4 Å². The van der Waals surface area contributed by atoms with Gasteiger partial charge in [-0.2, -0.15) is 0 Å². The molecule has 0 saturated heterocycles. The summed E-state index contributed by atoms with van der Waals surface area (Å²) in [5.74, 6) is -0.0940. The summed E-state index contributed by atoms with van der Waals surface area (Å²) < 4.78 is 25.9. The predicted molar refractivity (Wildman–Crippen MR) is 63.5 cm³/mol. The second kappa shape index (κ2) is 5.01. The Labute approximate surface area is 101 Å². The number of ketones is 1. The van der Waals surface area contributed by atoms with E-state index in [1.54, 1.807) is 13.0 Å². The van der Waals surface area contributed by atoms with Gasteiger partial charge in [0.2, 0.25) is 0 Å². The molecule has 0 unspecified atom stereocenters. The molecular formula is C11H11F2IO. The molecule has 0 atom stereocenters. The molecule has 0 amide bonds. The Morgan fingerprint density at radius 2 is 2.07 bits per heavy atom. The molecule has 0 aliphatic heterocycles. The zero-order valence-corrected chi connectivity index (χ0v) is 10.6. The van der Waals surface area contributed by atoms with E-state index in [4.69, 9.17) is 0 Å². The summed E-state index contributed by atoms with van der Waals surface area (Å²) >= 11 is 1.85. The average molecular weight is 324 g/mol. The van der Waals surface area contributed by atoms with Crippen molar-refractivity contribution in [1.82, 2.24) is 0 Å². The molecule has 0 radical (unpaired) electrons. The molecular weight excluding hydrogens is 313 g/mol. The molecule has 1 nitrogen and oxygen atoms in total. The van der Waals surface area contributed by atoms with Crippen LogP contribution in [0.1, 0.15) is 41.8 Å². The van der Waals surface area contributed by atoms with Crippen molar-refractivity contribution < 1.29 is 13.6 Å². The molecule has 4 heteroatoms. The summed E-state index contributed by atoms with van der Waals surface area (Å²) in [6.45, 7) is 3.24. The maximum absolute atomic E-state index is 12.7. The largest absolute Gasteiger partial charge is 0.295 e. The normalized spacial score (nSPS) is 10.8. The standard InChI is InChI=1S/C11H11F2IO/c1-3-7-4-8(6(2)15)5-9(14)10(7)11(12)13/h4-5,11H,3H2,1-2H3. The highest BCUT2D eigenvalue weighted by Crippen LogP contribution is 2.29. The Morgan fingerprint density at radius 3 is 2.47 bits per heavy atom. The van der Waals surface area contributed by atoms with Crippen LogP contribution in [0.2, 0.25) is 0 Å². The number of halogens is 3. The smallest absolute Gasteiger partial charge is 0.265 e. The predicted octanol–water partition coefficient (Wildman–Crippen LogP) is 3.99. The molecule has 0 N–H and O–H groups in total. The van der Waals surface area contributed by atoms with Gasteiger partial charge >= 0.3 is 0 Å². The first-order valence-electron chi connectivity index (χ1n) is 4.58. The molecule has 1 aromatic carbocycles. The topological polar surface area (TPSA) is 17.1 Å². The van der Waals surface area contributed by atoms with Crippen LogP contribution < -0.4 is 0 Å². The van der Waals surface area contributed by atoms with E-state index in [0.717, 1.165) is 0 Å². The molecule has 0 spiro atoms. The number of rotatable bonds is 3. The quantitative estimate of drug-likeness (QED) is 0.607. The minimum atomic E-state index is -2.48. The molecule has 0 aromatic heterocycles. The molecule has 1 rings (SSSR count). The summed E-state index contributed by atoms with van der Waals surface area (Å²) in [7, 11) is 0. The number of alkyl halides is 2. The van der Waals surface area contributed by atoms with Crippen molar-refractivity contribution in [3.8, 4) is 0 Å². The van der Waals surface area contributed by atoms with Crippen LogP contribution in [0.4, 0.5) is 8.78 Å². The van der Waals surface area contributed by atoms with Gasteiger partial charge in [-0.1, -0.05) is 6.92 Å². The van der Waals surface area contributed by atoms with E-state index in [0.29, 0.717) is 21.1 Å². The number of benzene rings is 1. The lowest BCUT2D eigenvalue weighted by Crippen LogP contribution is -2.02. The maximum Gasteiger partial charge on any atom is 0.265 e. The van der Waals surface area contributed by atoms with Crippen molar-refractivity contribution in [3.63, 3.8) is 0 Å². The third-order valence-corrected chi connectivity index (χ3v) is 3.11. The van der Waals surface area contributed by atoms with Gasteiger partial charge in [-0.3, -0.25) is 4.79 Å². The Balaban J connectivity index is 3.37. The monoisotopic (exact) mass is 324 g/mol. The van der Waals surface area contributed by atoms with Crippen molar-refractivity contribution in [2.24, 2.45) is 0 Å². The minimum absolute atomic E-state index is 0.0584. The zero-order valence-electron chi connectivity index (χ0n) is 8.48. The van der Waals surface area contributed by atoms with Crippen LogP contribution in [-0.4, -0.2) is 5.78 Å². The van der Waals surface area contributed by atoms with Crippen molar-refractivity contribution in [2.75, 3.05) is 0 Å². The van der Waals surface area contributed by atoms with Gasteiger partial charge in [-0.25, -0.2) is 8.78 Å². The summed E-state index contributed by atoms with van der Waals surface area (Å²) in [5, 5.41) is 0. The summed E-state index contributed by atoms with van der Waals surface area (Å²) in [6.07, 6.45) is -1.97. The minimum Gasteiger partial charge on any atom is -0.295 e. The van der Waals surface area contributed by atoms with Gasteiger partial charge < -0.3 is 0 Å². The lowest BCUT2D eigenvalue weighted by atomic mass is 10.0. The Kier molecular flexibility index (Phi) is 4.19. The number of carbonyl (C=O) groups is 1. The fourth-order valence-electron chi connectivity index (χ4n) is 1.41. The molecule has 0 aliphatic rings. The molecule has 0 aliphatic carbocycles. The highest BCUT2D eigenvalue weighted by molar-refractivity contribution is 14.1. The first-order valence-corrected chi connectivity index (χ1v) is 5.66. The summed E-state index contributed by atoms with van der Waals surface area (Å²) in [4.78, 5) is 11.2. The van der Waals surface area contributed by atoms with E-state index < -0.39 is 6.43 Å². The Hall–Kier alpha value is -0.520. The van der Waals surface area contributed by atoms with Crippen LogP contribution >= 0.6 is 22.6 Å². The lowest BCUT2D eigenvalue weighted by molar-refractivity contribution is 0.101. The van der Waals surface area contributed by atoms with Crippen LogP contribution in [0.3, 0.4) is 0 Å². The first-order chi connectivity index (χ1) is 6.97. The first kappa shape index (κ1) is 12.5. The van der Waals surface area contributed by atoms with Gasteiger partial charge in [0.1, 0.15) is 0 Å². The van der Waals surface area contributed by atoms with Gasteiger partial charge in [0.05, 0.1) is 0 Å². The number of Topliss-reactive ketones (excluding diaryl/α,β-unsaturated/α-hetero) is 1. The van der Waals surface area contributed by atoms with Gasteiger partial charge in [-0.15, -0.1) is 0 Å². The Bertz CT molecular complexity index is 388. The van der Waals surface area contributed by atoms with E-state index in [2.05, 4.69) is 0 Å². The van der Waals surface area contributed by atoms with Gasteiger partial charge in [0.15, 0.2) is 5.78 Å². The van der Waals surface area contributed by atoms with Crippen LogP contribution in [-0.2, 0) is 6.42 Å². The van der Waals surface area contributed by atoms with Crippen LogP contribution in [0.25, 0.3) is 0 Å². The van der Waals surface area contributed by atoms with Gasteiger partial charge in [0.25, 0.3) is 6.43 Å². The van der Waals surface area contributed by atoms with Gasteiger partial charge in [-0.05, 0) is 53.6 Å². The number of aryl methyl sites for hydroxylation is 1. The highest BCUT2D eigenvalue weighted by Gasteiger charge is 2.17. The maximum atomic E-state index is 12.7. The molecule has 0 heterocycles. The second-order valence-electron chi connectivity index (χ2n) is 3.24. The van der Waals surface area contributed by atoms with E-state index in [9.17, 15) is 13.6 Å². The van der Waals surface area contributed by atoms with Crippen LogP contribution in [0.5, 0.6) is 0 Å². The molecule has 0 bridgehead atoms. The number of hydrogen-bond acceptors (Lipinski definition) is 1. The summed E-state index contributed by atoms with van der Waals surface area (Å²) in [6, 6.07) is 3.08. The van der Waals surface area contributed by atoms with Crippen molar-refractivity contribution in [2.45, 2.75) is 26.7 Å². The molecule has 15 heavy (non-hydrogen) atoms. The van der Waals surface area contributed by atoms with Crippen LogP contribution in [0.15, 0.2) is 12.1 Å². The molecule has 0 saturated carbocycles. The van der Waals surface area contributed by atoms with Crippen molar-refractivity contribution in [3.05, 3.63) is 32.4 Å². The number of carbonyl (C=O) groups excluding carboxylic acids is 1. The van der Waals surface area contributed by atoms with E-state index in [-0.39, 0.29) is 11.3 Å². The SMILES string of the molecule is CCc1cc(C(C)=O)cc(I)c1C(F)F. The fourth-order valence-corrected chi connectivity index (χ4v) is 2.33. The van der Waals surface area contributed by atoms with Gasteiger partial charge in [0, 0.05) is 14.7 Å². The average Bonchev–Trinajstić information content (AvgIpc) is 2.15. The van der Waals surface area contributed by atoms with E-state index in [1.807, 2.05) is 22.6 Å². The lowest BCUT2D eigenvalue weighted by Gasteiger charge is -2.11. The van der Waals surface area contributed by atoms with Crippen LogP contribution in [0, 0.1) is 3.57 Å². The van der Waals surface area contributed by atoms with E-state index in [1.165, 1.54) is 13.0 Å². The molecule has 0 fully saturated rings.